The third-order valence-corrected chi connectivity index (χ3v) is 8.10. The first-order valence-corrected chi connectivity index (χ1v) is 9.25. The third-order valence-electron chi connectivity index (χ3n) is 8.10. The highest BCUT2D eigenvalue weighted by Gasteiger charge is 2.60. The second-order valence-electron chi connectivity index (χ2n) is 8.93. The van der Waals surface area contributed by atoms with E-state index in [4.69, 9.17) is 0 Å². The number of hydrogen-bond acceptors (Lipinski definition) is 3. The van der Waals surface area contributed by atoms with E-state index in [9.17, 15) is 14.7 Å². The Morgan fingerprint density at radius 2 is 1.70 bits per heavy atom. The number of aliphatic hydroxyl groups is 1. The van der Waals surface area contributed by atoms with Gasteiger partial charge in [0.25, 0.3) is 0 Å². The number of carbonyl (C=O) groups is 2. The summed E-state index contributed by atoms with van der Waals surface area (Å²) in [7, 11) is 0. The summed E-state index contributed by atoms with van der Waals surface area (Å²) < 4.78 is 0. The summed E-state index contributed by atoms with van der Waals surface area (Å²) in [5, 5.41) is 10.9. The minimum atomic E-state index is -0.497. The van der Waals surface area contributed by atoms with Crippen LogP contribution >= 0.6 is 0 Å². The van der Waals surface area contributed by atoms with Crippen LogP contribution in [-0.4, -0.2) is 22.8 Å². The van der Waals surface area contributed by atoms with Crippen LogP contribution in [0.2, 0.25) is 0 Å². The first kappa shape index (κ1) is 15.6. The summed E-state index contributed by atoms with van der Waals surface area (Å²) in [6, 6.07) is 0. The lowest BCUT2D eigenvalue weighted by atomic mass is 9.46. The first-order valence-electron chi connectivity index (χ1n) is 9.25. The van der Waals surface area contributed by atoms with Gasteiger partial charge in [0, 0.05) is 18.3 Å². The quantitative estimate of drug-likeness (QED) is 0.745. The lowest BCUT2D eigenvalue weighted by Crippen LogP contribution is -2.54. The van der Waals surface area contributed by atoms with Gasteiger partial charge in [-0.3, -0.25) is 9.59 Å². The molecule has 1 N–H and O–H groups in total. The van der Waals surface area contributed by atoms with Gasteiger partial charge in [0.1, 0.15) is 5.78 Å². The van der Waals surface area contributed by atoms with Crippen LogP contribution in [0.1, 0.15) is 65.7 Å². The Morgan fingerprint density at radius 1 is 1.00 bits per heavy atom. The van der Waals surface area contributed by atoms with Crippen LogP contribution in [0.25, 0.3) is 0 Å². The van der Waals surface area contributed by atoms with Gasteiger partial charge in [-0.05, 0) is 73.3 Å². The standard InChI is InChI=1S/C20H28O3/c1-11-15(21)7-9-20(3)14-6-8-19(2)13(4-5-17(19)23)12(14)10-16(22)18(11)20/h12-14,16,22H,4-10H2,1-3H3/t12-,13-,14-,16+,19-,20+/m0/s1. The van der Waals surface area contributed by atoms with Crippen LogP contribution in [-0.2, 0) is 9.59 Å². The Kier molecular flexibility index (Phi) is 3.23. The second kappa shape index (κ2) is 4.78. The van der Waals surface area contributed by atoms with E-state index >= 15 is 0 Å². The number of ketones is 2. The van der Waals surface area contributed by atoms with Gasteiger partial charge in [-0.25, -0.2) is 0 Å². The van der Waals surface area contributed by atoms with Crippen molar-refractivity contribution in [1.29, 1.82) is 0 Å². The van der Waals surface area contributed by atoms with Crippen molar-refractivity contribution in [3.8, 4) is 0 Å². The van der Waals surface area contributed by atoms with E-state index in [1.165, 1.54) is 0 Å². The Bertz CT molecular complexity index is 618. The Balaban J connectivity index is 1.78. The Morgan fingerprint density at radius 3 is 2.43 bits per heavy atom. The number of carbonyl (C=O) groups excluding carboxylic acids is 2. The predicted molar refractivity (Wildman–Crippen MR) is 87.7 cm³/mol. The van der Waals surface area contributed by atoms with Crippen molar-refractivity contribution in [3.05, 3.63) is 11.1 Å². The monoisotopic (exact) mass is 316 g/mol. The van der Waals surface area contributed by atoms with Gasteiger partial charge in [0.2, 0.25) is 0 Å². The van der Waals surface area contributed by atoms with Gasteiger partial charge in [0.15, 0.2) is 5.78 Å². The molecule has 126 valence electrons. The molecule has 0 bridgehead atoms. The van der Waals surface area contributed by atoms with E-state index in [0.717, 1.165) is 49.7 Å². The summed E-state index contributed by atoms with van der Waals surface area (Å²) >= 11 is 0. The van der Waals surface area contributed by atoms with Gasteiger partial charge in [-0.15, -0.1) is 0 Å². The fourth-order valence-electron chi connectivity index (χ4n) is 6.84. The number of rotatable bonds is 0. The van der Waals surface area contributed by atoms with Crippen LogP contribution in [0, 0.1) is 28.6 Å². The normalized spacial score (nSPS) is 49.7. The summed E-state index contributed by atoms with van der Waals surface area (Å²) in [6.07, 6.45) is 5.50. The van der Waals surface area contributed by atoms with Gasteiger partial charge in [-0.1, -0.05) is 13.8 Å². The molecule has 0 unspecified atom stereocenters. The van der Waals surface area contributed by atoms with Crippen molar-refractivity contribution in [1.82, 2.24) is 0 Å². The topological polar surface area (TPSA) is 54.4 Å². The minimum Gasteiger partial charge on any atom is -0.389 e. The molecule has 0 spiro atoms. The van der Waals surface area contributed by atoms with E-state index in [2.05, 4.69) is 13.8 Å². The number of aliphatic hydroxyl groups excluding tert-OH is 1. The molecular weight excluding hydrogens is 288 g/mol. The summed E-state index contributed by atoms with van der Waals surface area (Å²) in [4.78, 5) is 24.6. The smallest absolute Gasteiger partial charge is 0.158 e. The molecule has 0 radical (unpaired) electrons. The SMILES string of the molecule is CC1=C2[C@H](O)C[C@@H]3[C@H](CC[C@]4(C)C(=O)CC[C@@H]34)[C@@]2(C)CCC1=O. The van der Waals surface area contributed by atoms with Crippen molar-refractivity contribution < 1.29 is 14.7 Å². The lowest BCUT2D eigenvalue weighted by Gasteiger charge is -2.58. The molecule has 0 aromatic heterocycles. The number of fused-ring (bicyclic) bond motifs is 5. The molecule has 0 amide bonds. The molecule has 3 heteroatoms. The zero-order valence-electron chi connectivity index (χ0n) is 14.5. The Hall–Kier alpha value is -0.960. The van der Waals surface area contributed by atoms with E-state index < -0.39 is 6.10 Å². The zero-order valence-corrected chi connectivity index (χ0v) is 14.5. The predicted octanol–water partition coefficient (Wildman–Crippen LogP) is 3.45. The molecular formula is C20H28O3. The maximum atomic E-state index is 12.4. The maximum Gasteiger partial charge on any atom is 0.158 e. The fraction of sp³-hybridized carbons (Fsp3) is 0.800. The van der Waals surface area contributed by atoms with Crippen LogP contribution in [0.4, 0.5) is 0 Å². The molecule has 3 saturated carbocycles. The second-order valence-corrected chi connectivity index (χ2v) is 8.93. The van der Waals surface area contributed by atoms with Crippen molar-refractivity contribution in [2.45, 2.75) is 71.8 Å². The summed E-state index contributed by atoms with van der Waals surface area (Å²) in [5.74, 6) is 2.04. The molecule has 0 heterocycles. The average molecular weight is 316 g/mol. The minimum absolute atomic E-state index is 0.0483. The van der Waals surface area contributed by atoms with Crippen LogP contribution in [0.3, 0.4) is 0 Å². The van der Waals surface area contributed by atoms with Crippen molar-refractivity contribution in [2.24, 2.45) is 28.6 Å². The molecule has 6 atom stereocenters. The first-order chi connectivity index (χ1) is 10.8. The average Bonchev–Trinajstić information content (AvgIpc) is 2.79. The van der Waals surface area contributed by atoms with E-state index in [1.807, 2.05) is 6.92 Å². The molecule has 0 aliphatic heterocycles. The van der Waals surface area contributed by atoms with Crippen LogP contribution in [0.15, 0.2) is 11.1 Å². The maximum absolute atomic E-state index is 12.4. The molecule has 4 aliphatic rings. The molecule has 0 saturated heterocycles. The molecule has 4 aliphatic carbocycles. The van der Waals surface area contributed by atoms with E-state index in [0.29, 0.717) is 30.0 Å². The van der Waals surface area contributed by atoms with Crippen molar-refractivity contribution in [2.75, 3.05) is 0 Å². The van der Waals surface area contributed by atoms with E-state index in [-0.39, 0.29) is 16.6 Å². The van der Waals surface area contributed by atoms with Gasteiger partial charge >= 0.3 is 0 Å². The van der Waals surface area contributed by atoms with Crippen LogP contribution in [0.5, 0.6) is 0 Å². The number of Topliss-reactive ketones (excluding diaryl/α,β-unsaturated/α-hetero) is 2. The van der Waals surface area contributed by atoms with Crippen LogP contribution < -0.4 is 0 Å². The molecule has 0 aromatic rings. The van der Waals surface area contributed by atoms with Crippen molar-refractivity contribution >= 4 is 11.6 Å². The lowest BCUT2D eigenvalue weighted by molar-refractivity contribution is -0.134. The third kappa shape index (κ3) is 1.86. The fourth-order valence-corrected chi connectivity index (χ4v) is 6.84. The summed E-state index contributed by atoms with van der Waals surface area (Å²) in [5.41, 5.74) is 1.65. The number of hydrogen-bond donors (Lipinski definition) is 1. The Labute approximate surface area is 138 Å². The summed E-state index contributed by atoms with van der Waals surface area (Å²) in [6.45, 7) is 6.35. The molecule has 3 fully saturated rings. The molecule has 0 aromatic carbocycles. The molecule has 4 rings (SSSR count). The molecule has 23 heavy (non-hydrogen) atoms. The molecule has 3 nitrogen and oxygen atoms in total. The largest absolute Gasteiger partial charge is 0.389 e. The van der Waals surface area contributed by atoms with Gasteiger partial charge < -0.3 is 5.11 Å². The zero-order chi connectivity index (χ0) is 16.6. The van der Waals surface area contributed by atoms with E-state index in [1.54, 1.807) is 0 Å². The van der Waals surface area contributed by atoms with Crippen molar-refractivity contribution in [3.63, 3.8) is 0 Å². The van der Waals surface area contributed by atoms with Gasteiger partial charge in [0.05, 0.1) is 6.10 Å². The highest BCUT2D eigenvalue weighted by molar-refractivity contribution is 5.97. The highest BCUT2D eigenvalue weighted by Crippen LogP contribution is 2.64. The van der Waals surface area contributed by atoms with Gasteiger partial charge in [-0.2, -0.15) is 0 Å². The highest BCUT2D eigenvalue weighted by atomic mass is 16.3.